The summed E-state index contributed by atoms with van der Waals surface area (Å²) in [6.45, 7) is 0.378. The van der Waals surface area contributed by atoms with E-state index in [9.17, 15) is 13.2 Å². The van der Waals surface area contributed by atoms with Crippen molar-refractivity contribution in [1.29, 1.82) is 0 Å². The van der Waals surface area contributed by atoms with Gasteiger partial charge in [-0.2, -0.15) is 0 Å². The van der Waals surface area contributed by atoms with E-state index in [4.69, 9.17) is 14.6 Å². The lowest BCUT2D eigenvalue weighted by atomic mass is 10.3. The van der Waals surface area contributed by atoms with E-state index in [1.54, 1.807) is 0 Å². The van der Waals surface area contributed by atoms with E-state index in [0.29, 0.717) is 24.7 Å². The van der Waals surface area contributed by atoms with Gasteiger partial charge in [-0.3, -0.25) is 0 Å². The molecule has 0 saturated carbocycles. The minimum Gasteiger partial charge on any atom is -0.486 e. The Morgan fingerprint density at radius 2 is 2.05 bits per heavy atom. The van der Waals surface area contributed by atoms with Crippen LogP contribution in [0.3, 0.4) is 0 Å². The number of hydrogen-bond donors (Lipinski definition) is 2. The highest BCUT2D eigenvalue weighted by Gasteiger charge is 2.23. The number of hydrogen-bond acceptors (Lipinski definition) is 6. The zero-order valence-corrected chi connectivity index (χ0v) is 12.1. The molecule has 2 N–H and O–H groups in total. The molecule has 0 aromatic heterocycles. The number of carboxylic acids is 1. The summed E-state index contributed by atoms with van der Waals surface area (Å²) in [5, 5.41) is 8.80. The van der Waals surface area contributed by atoms with Crippen LogP contribution in [-0.2, 0) is 19.6 Å². The van der Waals surface area contributed by atoms with Crippen molar-refractivity contribution in [3.05, 3.63) is 18.2 Å². The number of rotatable bonds is 6. The summed E-state index contributed by atoms with van der Waals surface area (Å²) < 4.78 is 41.7. The number of sulfonamides is 1. The SMILES string of the molecule is COC(CNS(=O)(=O)c1ccc2c(c1)OCCO2)C(=O)O. The van der Waals surface area contributed by atoms with Crippen molar-refractivity contribution < 1.29 is 32.5 Å². The molecule has 0 amide bonds. The molecule has 0 radical (unpaired) electrons. The van der Waals surface area contributed by atoms with Crippen LogP contribution in [0.5, 0.6) is 11.5 Å². The fourth-order valence-corrected chi connectivity index (χ4v) is 2.78. The van der Waals surface area contributed by atoms with E-state index >= 15 is 0 Å². The van der Waals surface area contributed by atoms with Gasteiger partial charge in [0.2, 0.25) is 10.0 Å². The van der Waals surface area contributed by atoms with Crippen molar-refractivity contribution >= 4 is 16.0 Å². The average Bonchev–Trinajstić information content (AvgIpc) is 2.47. The van der Waals surface area contributed by atoms with E-state index in [-0.39, 0.29) is 11.4 Å². The molecule has 1 aliphatic heterocycles. The molecule has 1 unspecified atom stereocenters. The van der Waals surface area contributed by atoms with Gasteiger partial charge >= 0.3 is 5.97 Å². The molecule has 0 spiro atoms. The van der Waals surface area contributed by atoms with Crippen molar-refractivity contribution in [3.8, 4) is 11.5 Å². The van der Waals surface area contributed by atoms with E-state index in [2.05, 4.69) is 9.46 Å². The number of carbonyl (C=O) groups is 1. The second kappa shape index (κ2) is 6.29. The number of nitrogens with one attached hydrogen (secondary N) is 1. The lowest BCUT2D eigenvalue weighted by molar-refractivity contribution is -0.147. The molecular formula is C12H15NO7S. The molecule has 0 fully saturated rings. The topological polar surface area (TPSA) is 111 Å². The number of aliphatic carboxylic acids is 1. The first-order valence-corrected chi connectivity index (χ1v) is 7.57. The molecule has 1 heterocycles. The van der Waals surface area contributed by atoms with Crippen LogP contribution in [0.25, 0.3) is 0 Å². The maximum atomic E-state index is 12.1. The molecule has 0 saturated heterocycles. The fraction of sp³-hybridized carbons (Fsp3) is 0.417. The largest absolute Gasteiger partial charge is 0.486 e. The molecule has 0 aliphatic carbocycles. The highest BCUT2D eigenvalue weighted by Crippen LogP contribution is 2.32. The summed E-state index contributed by atoms with van der Waals surface area (Å²) in [6, 6.07) is 4.19. The smallest absolute Gasteiger partial charge is 0.334 e. The second-order valence-electron chi connectivity index (χ2n) is 4.22. The number of methoxy groups -OCH3 is 1. The van der Waals surface area contributed by atoms with Gasteiger partial charge in [0.05, 0.1) is 4.90 Å². The first-order valence-electron chi connectivity index (χ1n) is 6.09. The quantitative estimate of drug-likeness (QED) is 0.749. The summed E-state index contributed by atoms with van der Waals surface area (Å²) >= 11 is 0. The highest BCUT2D eigenvalue weighted by molar-refractivity contribution is 7.89. The minimum atomic E-state index is -3.86. The molecule has 1 aromatic carbocycles. The summed E-state index contributed by atoms with van der Waals surface area (Å²) in [4.78, 5) is 10.7. The molecule has 2 rings (SSSR count). The molecule has 8 nitrogen and oxygen atoms in total. The number of benzene rings is 1. The van der Waals surface area contributed by atoms with E-state index in [0.717, 1.165) is 0 Å². The Balaban J connectivity index is 2.14. The Kier molecular flexibility index (Phi) is 4.66. The van der Waals surface area contributed by atoms with Crippen LogP contribution in [0, 0.1) is 0 Å². The van der Waals surface area contributed by atoms with Gasteiger partial charge in [-0.25, -0.2) is 17.9 Å². The molecule has 1 aliphatic rings. The standard InChI is InChI=1S/C12H15NO7S/c1-18-11(12(14)15)7-13-21(16,17)8-2-3-9-10(6-8)20-5-4-19-9/h2-3,6,11,13H,4-5,7H2,1H3,(H,14,15). The molecular weight excluding hydrogens is 302 g/mol. The molecule has 9 heteroatoms. The Bertz CT molecular complexity index is 628. The van der Waals surface area contributed by atoms with E-state index < -0.39 is 22.1 Å². The zero-order valence-electron chi connectivity index (χ0n) is 11.2. The van der Waals surface area contributed by atoms with Gasteiger partial charge < -0.3 is 19.3 Å². The van der Waals surface area contributed by atoms with Crippen molar-refractivity contribution in [3.63, 3.8) is 0 Å². The highest BCUT2D eigenvalue weighted by atomic mass is 32.2. The first-order chi connectivity index (χ1) is 9.94. The molecule has 1 atom stereocenters. The van der Waals surface area contributed by atoms with Crippen molar-refractivity contribution in [1.82, 2.24) is 4.72 Å². The Hall–Kier alpha value is -1.84. The van der Waals surface area contributed by atoms with Gasteiger partial charge in [-0.1, -0.05) is 0 Å². The fourth-order valence-electron chi connectivity index (χ4n) is 1.73. The van der Waals surface area contributed by atoms with Crippen LogP contribution in [0.4, 0.5) is 0 Å². The minimum absolute atomic E-state index is 0.0352. The number of fused-ring (bicyclic) bond motifs is 1. The Labute approximate surface area is 121 Å². The Morgan fingerprint density at radius 1 is 1.38 bits per heavy atom. The van der Waals surface area contributed by atoms with Crippen LogP contribution in [0.2, 0.25) is 0 Å². The van der Waals surface area contributed by atoms with Crippen LogP contribution in [0.15, 0.2) is 23.1 Å². The van der Waals surface area contributed by atoms with Crippen LogP contribution in [0.1, 0.15) is 0 Å². The summed E-state index contributed by atoms with van der Waals surface area (Å²) in [5.74, 6) is -0.437. The zero-order chi connectivity index (χ0) is 15.5. The normalized spacial score (nSPS) is 15.5. The Morgan fingerprint density at radius 3 is 2.67 bits per heavy atom. The molecule has 0 bridgehead atoms. The maximum absolute atomic E-state index is 12.1. The third-order valence-electron chi connectivity index (χ3n) is 2.84. The summed E-state index contributed by atoms with van der Waals surface area (Å²) in [5.41, 5.74) is 0. The lowest BCUT2D eigenvalue weighted by Crippen LogP contribution is -2.37. The number of ether oxygens (including phenoxy) is 3. The predicted octanol–water partition coefficient (Wildman–Crippen LogP) is -0.164. The third-order valence-corrected chi connectivity index (χ3v) is 4.26. The van der Waals surface area contributed by atoms with Crippen molar-refractivity contribution in [2.24, 2.45) is 0 Å². The summed E-state index contributed by atoms with van der Waals surface area (Å²) in [6.07, 6.45) is -1.25. The van der Waals surface area contributed by atoms with Crippen LogP contribution in [-0.4, -0.2) is 52.5 Å². The van der Waals surface area contributed by atoms with Gasteiger partial charge in [0.25, 0.3) is 0 Å². The second-order valence-corrected chi connectivity index (χ2v) is 5.99. The van der Waals surface area contributed by atoms with E-state index in [1.165, 1.54) is 25.3 Å². The van der Waals surface area contributed by atoms with Gasteiger partial charge in [-0.15, -0.1) is 0 Å². The molecule has 116 valence electrons. The molecule has 1 aromatic rings. The lowest BCUT2D eigenvalue weighted by Gasteiger charge is -2.19. The van der Waals surface area contributed by atoms with Gasteiger partial charge in [-0.05, 0) is 12.1 Å². The van der Waals surface area contributed by atoms with Crippen molar-refractivity contribution in [2.45, 2.75) is 11.0 Å². The maximum Gasteiger partial charge on any atom is 0.334 e. The predicted molar refractivity (Wildman–Crippen MR) is 71.1 cm³/mol. The third kappa shape index (κ3) is 3.63. The molecule has 21 heavy (non-hydrogen) atoms. The van der Waals surface area contributed by atoms with Gasteiger partial charge in [0.15, 0.2) is 17.6 Å². The monoisotopic (exact) mass is 317 g/mol. The van der Waals surface area contributed by atoms with Crippen LogP contribution >= 0.6 is 0 Å². The first kappa shape index (κ1) is 15.5. The number of carboxylic acid groups (broad SMARTS) is 1. The van der Waals surface area contributed by atoms with E-state index in [1.807, 2.05) is 0 Å². The van der Waals surface area contributed by atoms with Gasteiger partial charge in [0.1, 0.15) is 13.2 Å². The van der Waals surface area contributed by atoms with Crippen molar-refractivity contribution in [2.75, 3.05) is 26.9 Å². The van der Waals surface area contributed by atoms with Gasteiger partial charge in [0, 0.05) is 19.7 Å². The summed E-state index contributed by atoms with van der Waals surface area (Å²) in [7, 11) is -2.67. The average molecular weight is 317 g/mol. The van der Waals surface area contributed by atoms with Crippen LogP contribution < -0.4 is 14.2 Å².